The van der Waals surface area contributed by atoms with Gasteiger partial charge in [-0.05, 0) is 61.4 Å². The van der Waals surface area contributed by atoms with Gasteiger partial charge < -0.3 is 10.5 Å². The summed E-state index contributed by atoms with van der Waals surface area (Å²) in [4.78, 5) is 0. The van der Waals surface area contributed by atoms with Gasteiger partial charge in [-0.3, -0.25) is 0 Å². The molecule has 86 valence electrons. The molecular weight excluding hydrogens is 198 g/mol. The first-order valence-electron chi connectivity index (χ1n) is 6.17. The van der Waals surface area contributed by atoms with Crippen molar-refractivity contribution in [3.05, 3.63) is 29.3 Å². The maximum Gasteiger partial charge on any atom is 0.119 e. The average Bonchev–Trinajstić information content (AvgIpc) is 3.04. The highest BCUT2D eigenvalue weighted by Gasteiger charge is 2.55. The van der Waals surface area contributed by atoms with Gasteiger partial charge in [-0.2, -0.15) is 0 Å². The molecule has 0 amide bonds. The van der Waals surface area contributed by atoms with E-state index in [1.165, 1.54) is 36.8 Å². The smallest absolute Gasteiger partial charge is 0.119 e. The molecule has 0 aromatic heterocycles. The second-order valence-corrected chi connectivity index (χ2v) is 5.17. The zero-order valence-corrected chi connectivity index (χ0v) is 9.83. The van der Waals surface area contributed by atoms with Crippen molar-refractivity contribution >= 4 is 0 Å². The molecule has 2 nitrogen and oxygen atoms in total. The zero-order valence-electron chi connectivity index (χ0n) is 9.83. The molecule has 3 rings (SSSR count). The first-order valence-corrected chi connectivity index (χ1v) is 6.17. The molecule has 0 radical (unpaired) electrons. The van der Waals surface area contributed by atoms with Crippen LogP contribution in [0.5, 0.6) is 5.75 Å². The standard InChI is InChI=1S/C14H19NO/c1-16-12-5-4-10-3-2-6-14(13(10)7-12)8-11(14)9-15/h4-5,7,11H,2-3,6,8-9,15H2,1H3. The maximum absolute atomic E-state index is 5.84. The third kappa shape index (κ3) is 1.29. The van der Waals surface area contributed by atoms with Crippen molar-refractivity contribution in [1.29, 1.82) is 0 Å². The van der Waals surface area contributed by atoms with Gasteiger partial charge in [-0.1, -0.05) is 6.07 Å². The molecule has 2 heteroatoms. The van der Waals surface area contributed by atoms with Crippen LogP contribution in [0.4, 0.5) is 0 Å². The Morgan fingerprint density at radius 1 is 1.50 bits per heavy atom. The van der Waals surface area contributed by atoms with E-state index in [-0.39, 0.29) is 0 Å². The van der Waals surface area contributed by atoms with Crippen molar-refractivity contribution in [2.24, 2.45) is 11.7 Å². The lowest BCUT2D eigenvalue weighted by atomic mass is 9.78. The normalized spacial score (nSPS) is 31.2. The van der Waals surface area contributed by atoms with Crippen LogP contribution in [-0.4, -0.2) is 13.7 Å². The molecule has 0 bridgehead atoms. The number of hydrogen-bond donors (Lipinski definition) is 1. The van der Waals surface area contributed by atoms with Crippen molar-refractivity contribution in [1.82, 2.24) is 0 Å². The summed E-state index contributed by atoms with van der Waals surface area (Å²) >= 11 is 0. The minimum absolute atomic E-state index is 0.414. The van der Waals surface area contributed by atoms with Crippen LogP contribution in [0.1, 0.15) is 30.4 Å². The molecule has 1 saturated carbocycles. The lowest BCUT2D eigenvalue weighted by Crippen LogP contribution is -2.21. The summed E-state index contributed by atoms with van der Waals surface area (Å²) in [6.07, 6.45) is 5.13. The first-order chi connectivity index (χ1) is 7.80. The van der Waals surface area contributed by atoms with Crippen LogP contribution in [0.15, 0.2) is 18.2 Å². The summed E-state index contributed by atoms with van der Waals surface area (Å²) in [5.74, 6) is 1.70. The van der Waals surface area contributed by atoms with Crippen molar-refractivity contribution < 1.29 is 4.74 Å². The summed E-state index contributed by atoms with van der Waals surface area (Å²) in [6.45, 7) is 0.830. The van der Waals surface area contributed by atoms with E-state index in [1.807, 2.05) is 0 Å². The third-order valence-corrected chi connectivity index (χ3v) is 4.44. The van der Waals surface area contributed by atoms with Gasteiger partial charge in [-0.25, -0.2) is 0 Å². The highest BCUT2D eigenvalue weighted by atomic mass is 16.5. The lowest BCUT2D eigenvalue weighted by Gasteiger charge is -2.27. The topological polar surface area (TPSA) is 35.2 Å². The van der Waals surface area contributed by atoms with Crippen LogP contribution in [0.3, 0.4) is 0 Å². The zero-order chi connectivity index (χ0) is 11.2. The predicted molar refractivity (Wildman–Crippen MR) is 64.8 cm³/mol. The molecule has 2 N–H and O–H groups in total. The van der Waals surface area contributed by atoms with Crippen molar-refractivity contribution in [2.75, 3.05) is 13.7 Å². The number of rotatable bonds is 2. The second-order valence-electron chi connectivity index (χ2n) is 5.17. The number of aryl methyl sites for hydroxylation is 1. The molecule has 2 aliphatic rings. The quantitative estimate of drug-likeness (QED) is 0.824. The molecule has 1 aromatic carbocycles. The van der Waals surface area contributed by atoms with E-state index in [2.05, 4.69) is 18.2 Å². The Kier molecular flexibility index (Phi) is 2.21. The second kappa shape index (κ2) is 3.49. The summed E-state index contributed by atoms with van der Waals surface area (Å²) in [5.41, 5.74) is 9.29. The van der Waals surface area contributed by atoms with E-state index >= 15 is 0 Å². The number of hydrogen-bond acceptors (Lipinski definition) is 2. The lowest BCUT2D eigenvalue weighted by molar-refractivity contribution is 0.410. The maximum atomic E-state index is 5.84. The first kappa shape index (κ1) is 10.2. The molecule has 1 aromatic rings. The van der Waals surface area contributed by atoms with Crippen molar-refractivity contribution in [2.45, 2.75) is 31.1 Å². The monoisotopic (exact) mass is 217 g/mol. The van der Waals surface area contributed by atoms with Gasteiger partial charge in [0.15, 0.2) is 0 Å². The van der Waals surface area contributed by atoms with E-state index in [1.54, 1.807) is 7.11 Å². The fraction of sp³-hybridized carbons (Fsp3) is 0.571. The van der Waals surface area contributed by atoms with Gasteiger partial charge in [0.1, 0.15) is 5.75 Å². The highest BCUT2D eigenvalue weighted by molar-refractivity contribution is 5.46. The minimum Gasteiger partial charge on any atom is -0.497 e. The number of nitrogens with two attached hydrogens (primary N) is 1. The van der Waals surface area contributed by atoms with Gasteiger partial charge >= 0.3 is 0 Å². The molecule has 0 saturated heterocycles. The molecule has 0 heterocycles. The van der Waals surface area contributed by atoms with E-state index in [4.69, 9.17) is 10.5 Å². The Morgan fingerprint density at radius 3 is 3.06 bits per heavy atom. The van der Waals surface area contributed by atoms with Gasteiger partial charge in [0.05, 0.1) is 7.11 Å². The van der Waals surface area contributed by atoms with E-state index < -0.39 is 0 Å². The van der Waals surface area contributed by atoms with Gasteiger partial charge in [-0.15, -0.1) is 0 Å². The summed E-state index contributed by atoms with van der Waals surface area (Å²) in [7, 11) is 1.74. The Balaban J connectivity index is 2.04. The molecule has 1 fully saturated rings. The van der Waals surface area contributed by atoms with E-state index in [9.17, 15) is 0 Å². The van der Waals surface area contributed by atoms with Gasteiger partial charge in [0.2, 0.25) is 0 Å². The third-order valence-electron chi connectivity index (χ3n) is 4.44. The van der Waals surface area contributed by atoms with E-state index in [0.717, 1.165) is 12.3 Å². The van der Waals surface area contributed by atoms with Crippen LogP contribution in [0.25, 0.3) is 0 Å². The molecule has 2 unspecified atom stereocenters. The summed E-state index contributed by atoms with van der Waals surface area (Å²) < 4.78 is 5.34. The molecule has 0 aliphatic heterocycles. The molecular formula is C14H19NO. The van der Waals surface area contributed by atoms with Gasteiger partial charge in [0, 0.05) is 5.41 Å². The number of fused-ring (bicyclic) bond motifs is 2. The van der Waals surface area contributed by atoms with Crippen molar-refractivity contribution in [3.8, 4) is 5.75 Å². The summed E-state index contributed by atoms with van der Waals surface area (Å²) in [5, 5.41) is 0. The molecule has 16 heavy (non-hydrogen) atoms. The fourth-order valence-corrected chi connectivity index (χ4v) is 3.42. The van der Waals surface area contributed by atoms with Gasteiger partial charge in [0.25, 0.3) is 0 Å². The Hall–Kier alpha value is -1.02. The molecule has 2 atom stereocenters. The predicted octanol–water partition coefficient (Wildman–Crippen LogP) is 2.25. The number of ether oxygens (including phenoxy) is 1. The van der Waals surface area contributed by atoms with Crippen LogP contribution >= 0.6 is 0 Å². The van der Waals surface area contributed by atoms with Crippen LogP contribution < -0.4 is 10.5 Å². The number of benzene rings is 1. The minimum atomic E-state index is 0.414. The molecule has 1 spiro atoms. The molecule has 2 aliphatic carbocycles. The SMILES string of the molecule is COc1ccc2c(c1)C1(CCC2)CC1CN. The van der Waals surface area contributed by atoms with Crippen LogP contribution in [-0.2, 0) is 11.8 Å². The van der Waals surface area contributed by atoms with Crippen molar-refractivity contribution in [3.63, 3.8) is 0 Å². The van der Waals surface area contributed by atoms with Crippen LogP contribution in [0, 0.1) is 5.92 Å². The van der Waals surface area contributed by atoms with Crippen LogP contribution in [0.2, 0.25) is 0 Å². The Morgan fingerprint density at radius 2 is 2.38 bits per heavy atom. The summed E-state index contributed by atoms with van der Waals surface area (Å²) in [6, 6.07) is 6.56. The average molecular weight is 217 g/mol. The Labute approximate surface area is 96.8 Å². The number of methoxy groups -OCH3 is 1. The highest BCUT2D eigenvalue weighted by Crippen LogP contribution is 2.60. The fourth-order valence-electron chi connectivity index (χ4n) is 3.42. The largest absolute Gasteiger partial charge is 0.497 e. The Bertz CT molecular complexity index is 415. The van der Waals surface area contributed by atoms with E-state index in [0.29, 0.717) is 11.3 Å².